The number of benzene rings is 2. The Morgan fingerprint density at radius 3 is 2.40 bits per heavy atom. The third-order valence-corrected chi connectivity index (χ3v) is 4.49. The summed E-state index contributed by atoms with van der Waals surface area (Å²) in [6.45, 7) is 3.65. The van der Waals surface area contributed by atoms with Crippen molar-refractivity contribution >= 4 is 17.3 Å². The van der Waals surface area contributed by atoms with E-state index >= 15 is 0 Å². The van der Waals surface area contributed by atoms with Crippen molar-refractivity contribution in [3.8, 4) is 0 Å². The van der Waals surface area contributed by atoms with Gasteiger partial charge in [-0.25, -0.2) is 0 Å². The van der Waals surface area contributed by atoms with Gasteiger partial charge in [-0.05, 0) is 36.2 Å². The minimum absolute atomic E-state index is 0.0366. The maximum Gasteiger partial charge on any atom is 0.229 e. The Hall–Kier alpha value is -2.37. The topological polar surface area (TPSA) is 67.6 Å². The van der Waals surface area contributed by atoms with Gasteiger partial charge in [0.25, 0.3) is 0 Å². The van der Waals surface area contributed by atoms with Crippen LogP contribution in [0.1, 0.15) is 5.56 Å². The summed E-state index contributed by atoms with van der Waals surface area (Å²) in [6.07, 6.45) is 0.648. The molecule has 25 heavy (non-hydrogen) atoms. The molecular weight excluding hydrogens is 314 g/mol. The monoisotopic (exact) mass is 339 g/mol. The van der Waals surface area contributed by atoms with E-state index in [9.17, 15) is 4.79 Å². The van der Waals surface area contributed by atoms with Crippen molar-refractivity contribution in [2.45, 2.75) is 6.42 Å². The van der Waals surface area contributed by atoms with Gasteiger partial charge >= 0.3 is 0 Å². The van der Waals surface area contributed by atoms with E-state index in [1.807, 2.05) is 54.6 Å². The molecule has 0 saturated carbocycles. The molecule has 0 aromatic heterocycles. The van der Waals surface area contributed by atoms with Gasteiger partial charge in [-0.2, -0.15) is 0 Å². The summed E-state index contributed by atoms with van der Waals surface area (Å²) in [5, 5.41) is 2.98. The Labute approximate surface area is 148 Å². The first-order valence-electron chi connectivity index (χ1n) is 8.74. The summed E-state index contributed by atoms with van der Waals surface area (Å²) in [6, 6.07) is 17.9. The lowest BCUT2D eigenvalue weighted by Crippen LogP contribution is -2.36. The summed E-state index contributed by atoms with van der Waals surface area (Å²) in [5.74, 6) is -0.271. The normalized spacial score (nSPS) is 15.6. The van der Waals surface area contributed by atoms with Crippen LogP contribution in [-0.4, -0.2) is 38.8 Å². The number of hydrogen-bond acceptors (Lipinski definition) is 4. The second kappa shape index (κ2) is 8.65. The van der Waals surface area contributed by atoms with Gasteiger partial charge in [-0.1, -0.05) is 30.3 Å². The van der Waals surface area contributed by atoms with Gasteiger partial charge in [0.15, 0.2) is 0 Å². The Bertz CT molecular complexity index is 667. The molecule has 3 rings (SSSR count). The maximum atomic E-state index is 12.5. The quantitative estimate of drug-likeness (QED) is 0.847. The molecule has 1 unspecified atom stereocenters. The minimum atomic E-state index is -0.235. The van der Waals surface area contributed by atoms with Crippen LogP contribution >= 0.6 is 0 Å². The number of carbonyl (C=O) groups excluding carboxylic acids is 1. The zero-order chi connectivity index (χ0) is 17.5. The van der Waals surface area contributed by atoms with E-state index in [0.717, 1.165) is 43.2 Å². The first-order chi connectivity index (χ1) is 12.3. The van der Waals surface area contributed by atoms with Crippen molar-refractivity contribution in [3.05, 3.63) is 60.2 Å². The molecule has 1 fully saturated rings. The van der Waals surface area contributed by atoms with Crippen molar-refractivity contribution in [3.63, 3.8) is 0 Å². The lowest BCUT2D eigenvalue weighted by molar-refractivity contribution is -0.119. The predicted molar refractivity (Wildman–Crippen MR) is 101 cm³/mol. The number of morpholine rings is 1. The smallest absolute Gasteiger partial charge is 0.229 e. The van der Waals surface area contributed by atoms with E-state index in [-0.39, 0.29) is 11.8 Å². The molecule has 1 saturated heterocycles. The third-order valence-electron chi connectivity index (χ3n) is 4.49. The molecule has 2 aromatic carbocycles. The second-order valence-corrected chi connectivity index (χ2v) is 6.26. The summed E-state index contributed by atoms with van der Waals surface area (Å²) in [7, 11) is 0. The molecular formula is C20H25N3O2. The fourth-order valence-corrected chi connectivity index (χ4v) is 3.00. The van der Waals surface area contributed by atoms with Gasteiger partial charge in [-0.15, -0.1) is 0 Å². The van der Waals surface area contributed by atoms with Crippen LogP contribution in [0.2, 0.25) is 0 Å². The molecule has 1 atom stereocenters. The minimum Gasteiger partial charge on any atom is -0.378 e. The van der Waals surface area contributed by atoms with E-state index < -0.39 is 0 Å². The van der Waals surface area contributed by atoms with E-state index in [4.69, 9.17) is 10.5 Å². The van der Waals surface area contributed by atoms with Crippen LogP contribution in [0.15, 0.2) is 54.6 Å². The number of anilines is 2. The van der Waals surface area contributed by atoms with Gasteiger partial charge in [0.05, 0.1) is 19.1 Å². The Morgan fingerprint density at radius 1 is 1.08 bits per heavy atom. The first kappa shape index (κ1) is 17.5. The van der Waals surface area contributed by atoms with Crippen LogP contribution in [0.25, 0.3) is 0 Å². The Balaban J connectivity index is 1.59. The third kappa shape index (κ3) is 4.81. The van der Waals surface area contributed by atoms with Gasteiger partial charge in [-0.3, -0.25) is 4.79 Å². The molecule has 2 aromatic rings. The van der Waals surface area contributed by atoms with Crippen LogP contribution in [0.5, 0.6) is 0 Å². The number of carbonyl (C=O) groups is 1. The number of nitrogens with zero attached hydrogens (tertiary/aromatic N) is 1. The van der Waals surface area contributed by atoms with Crippen LogP contribution in [0.3, 0.4) is 0 Å². The average Bonchev–Trinajstić information content (AvgIpc) is 2.68. The number of ether oxygens (including phenoxy) is 1. The van der Waals surface area contributed by atoms with Gasteiger partial charge in [0.1, 0.15) is 0 Å². The van der Waals surface area contributed by atoms with E-state index in [2.05, 4.69) is 10.2 Å². The highest BCUT2D eigenvalue weighted by Crippen LogP contribution is 2.20. The predicted octanol–water partition coefficient (Wildman–Crippen LogP) is 2.28. The van der Waals surface area contributed by atoms with Crippen molar-refractivity contribution in [2.75, 3.05) is 43.1 Å². The van der Waals surface area contributed by atoms with Crippen LogP contribution in [0, 0.1) is 5.92 Å². The number of hydrogen-bond donors (Lipinski definition) is 2. The standard InChI is InChI=1S/C20H25N3O2/c21-15-17(14-16-4-2-1-3-5-16)20(24)22-18-6-8-19(9-7-18)23-10-12-25-13-11-23/h1-9,17H,10-15,21H2,(H,22,24). The molecule has 1 aliphatic rings. The van der Waals surface area contributed by atoms with Gasteiger partial charge < -0.3 is 20.7 Å². The first-order valence-corrected chi connectivity index (χ1v) is 8.74. The summed E-state index contributed by atoms with van der Waals surface area (Å²) in [5.41, 5.74) is 8.89. The molecule has 1 heterocycles. The number of nitrogens with two attached hydrogens (primary N) is 1. The highest BCUT2D eigenvalue weighted by atomic mass is 16.5. The summed E-state index contributed by atoms with van der Waals surface area (Å²) in [4.78, 5) is 14.8. The molecule has 3 N–H and O–H groups in total. The summed E-state index contributed by atoms with van der Waals surface area (Å²) < 4.78 is 5.37. The molecule has 1 aliphatic heterocycles. The largest absolute Gasteiger partial charge is 0.378 e. The van der Waals surface area contributed by atoms with Crippen LogP contribution < -0.4 is 16.0 Å². The van der Waals surface area contributed by atoms with Crippen molar-refractivity contribution in [1.29, 1.82) is 0 Å². The van der Waals surface area contributed by atoms with E-state index in [1.54, 1.807) is 0 Å². The highest BCUT2D eigenvalue weighted by Gasteiger charge is 2.18. The number of nitrogens with one attached hydrogen (secondary N) is 1. The molecule has 0 bridgehead atoms. The molecule has 0 spiro atoms. The molecule has 132 valence electrons. The Morgan fingerprint density at radius 2 is 1.76 bits per heavy atom. The lowest BCUT2D eigenvalue weighted by atomic mass is 9.98. The SMILES string of the molecule is NCC(Cc1ccccc1)C(=O)Nc1ccc(N2CCOCC2)cc1. The molecule has 0 aliphatic carbocycles. The van der Waals surface area contributed by atoms with Crippen molar-refractivity contribution in [1.82, 2.24) is 0 Å². The van der Waals surface area contributed by atoms with E-state index in [0.29, 0.717) is 13.0 Å². The molecule has 1 amide bonds. The fraction of sp³-hybridized carbons (Fsp3) is 0.350. The molecule has 5 heteroatoms. The van der Waals surface area contributed by atoms with Crippen LogP contribution in [-0.2, 0) is 16.0 Å². The zero-order valence-corrected chi connectivity index (χ0v) is 14.4. The lowest BCUT2D eigenvalue weighted by Gasteiger charge is -2.29. The molecule has 5 nitrogen and oxygen atoms in total. The molecule has 0 radical (unpaired) electrons. The fourth-order valence-electron chi connectivity index (χ4n) is 3.00. The van der Waals surface area contributed by atoms with Crippen molar-refractivity contribution in [2.24, 2.45) is 11.7 Å². The zero-order valence-electron chi connectivity index (χ0n) is 14.4. The summed E-state index contributed by atoms with van der Waals surface area (Å²) >= 11 is 0. The number of amides is 1. The Kier molecular flexibility index (Phi) is 6.04. The average molecular weight is 339 g/mol. The van der Waals surface area contributed by atoms with Crippen molar-refractivity contribution < 1.29 is 9.53 Å². The van der Waals surface area contributed by atoms with Gasteiger partial charge in [0.2, 0.25) is 5.91 Å². The highest BCUT2D eigenvalue weighted by molar-refractivity contribution is 5.93. The van der Waals surface area contributed by atoms with Crippen LogP contribution in [0.4, 0.5) is 11.4 Å². The second-order valence-electron chi connectivity index (χ2n) is 6.26. The maximum absolute atomic E-state index is 12.5. The number of rotatable bonds is 6. The van der Waals surface area contributed by atoms with Gasteiger partial charge in [0, 0.05) is 31.0 Å². The van der Waals surface area contributed by atoms with E-state index in [1.165, 1.54) is 0 Å².